The van der Waals surface area contributed by atoms with Crippen LogP contribution in [0.3, 0.4) is 0 Å². The molecule has 2 aliphatic carbocycles. The van der Waals surface area contributed by atoms with Crippen molar-refractivity contribution < 1.29 is 14.0 Å². The summed E-state index contributed by atoms with van der Waals surface area (Å²) in [6, 6.07) is 5.62. The molecule has 106 valence electrons. The molecule has 0 bridgehead atoms. The third-order valence-corrected chi connectivity index (χ3v) is 4.86. The molecule has 0 atom stereocenters. The van der Waals surface area contributed by atoms with E-state index < -0.39 is 5.78 Å². The summed E-state index contributed by atoms with van der Waals surface area (Å²) in [5.41, 5.74) is 4.04. The summed E-state index contributed by atoms with van der Waals surface area (Å²) >= 11 is 0. The van der Waals surface area contributed by atoms with Gasteiger partial charge in [-0.15, -0.1) is 0 Å². The van der Waals surface area contributed by atoms with Crippen molar-refractivity contribution in [1.82, 2.24) is 0 Å². The molecule has 0 N–H and O–H groups in total. The monoisotopic (exact) mass is 280 g/mol. The first-order valence-electron chi connectivity index (χ1n) is 7.34. The van der Waals surface area contributed by atoms with Gasteiger partial charge in [0.1, 0.15) is 5.76 Å². The van der Waals surface area contributed by atoms with Crippen molar-refractivity contribution in [1.29, 1.82) is 0 Å². The van der Waals surface area contributed by atoms with E-state index in [0.29, 0.717) is 16.9 Å². The van der Waals surface area contributed by atoms with Crippen molar-refractivity contribution in [2.45, 2.75) is 38.5 Å². The number of rotatable bonds is 0. The molecule has 3 nitrogen and oxygen atoms in total. The number of carbonyl (C=O) groups is 2. The van der Waals surface area contributed by atoms with Crippen molar-refractivity contribution in [2.75, 3.05) is 0 Å². The third-order valence-electron chi connectivity index (χ3n) is 4.86. The zero-order valence-electron chi connectivity index (χ0n) is 12.2. The number of Topliss-reactive ketones (excluding diaryl/α,β-unsaturated/α-hetero) is 2. The topological polar surface area (TPSA) is 47.3 Å². The van der Waals surface area contributed by atoms with Gasteiger partial charge in [0.25, 0.3) is 0 Å². The molecule has 4 rings (SSSR count). The van der Waals surface area contributed by atoms with E-state index in [1.165, 1.54) is 11.8 Å². The molecule has 0 saturated heterocycles. The maximum absolute atomic E-state index is 12.6. The Morgan fingerprint density at radius 2 is 1.86 bits per heavy atom. The Labute approximate surface area is 123 Å². The highest BCUT2D eigenvalue weighted by molar-refractivity contribution is 6.53. The fraction of sp³-hybridized carbons (Fsp3) is 0.333. The molecule has 21 heavy (non-hydrogen) atoms. The van der Waals surface area contributed by atoms with Gasteiger partial charge in [-0.25, -0.2) is 0 Å². The highest BCUT2D eigenvalue weighted by atomic mass is 16.3. The van der Waals surface area contributed by atoms with Gasteiger partial charge >= 0.3 is 0 Å². The van der Waals surface area contributed by atoms with Crippen molar-refractivity contribution in [3.8, 4) is 11.3 Å². The average molecular weight is 280 g/mol. The number of carbonyl (C=O) groups excluding carboxylic acids is 2. The molecule has 1 aromatic carbocycles. The van der Waals surface area contributed by atoms with Crippen LogP contribution in [0.1, 0.15) is 58.5 Å². The predicted molar refractivity (Wildman–Crippen MR) is 78.8 cm³/mol. The van der Waals surface area contributed by atoms with Crippen LogP contribution in [0.25, 0.3) is 11.3 Å². The van der Waals surface area contributed by atoms with Crippen molar-refractivity contribution in [3.05, 3.63) is 46.7 Å². The summed E-state index contributed by atoms with van der Waals surface area (Å²) < 4.78 is 5.47. The number of ketones is 2. The number of hydrogen-bond acceptors (Lipinski definition) is 3. The molecule has 1 heterocycles. The maximum atomic E-state index is 12.6. The van der Waals surface area contributed by atoms with Crippen LogP contribution in [-0.4, -0.2) is 11.6 Å². The van der Waals surface area contributed by atoms with E-state index in [2.05, 4.69) is 19.9 Å². The van der Waals surface area contributed by atoms with Crippen molar-refractivity contribution >= 4 is 11.6 Å². The molecule has 3 heteroatoms. The first-order chi connectivity index (χ1) is 10.0. The Balaban J connectivity index is 2.07. The van der Waals surface area contributed by atoms with Crippen molar-refractivity contribution in [3.63, 3.8) is 0 Å². The van der Waals surface area contributed by atoms with E-state index in [1.807, 2.05) is 6.07 Å². The van der Waals surface area contributed by atoms with E-state index in [4.69, 9.17) is 4.42 Å². The number of furan rings is 1. The fourth-order valence-electron chi connectivity index (χ4n) is 3.76. The fourth-order valence-corrected chi connectivity index (χ4v) is 3.76. The quantitative estimate of drug-likeness (QED) is 0.687. The summed E-state index contributed by atoms with van der Waals surface area (Å²) in [6.07, 6.45) is 4.49. The lowest BCUT2D eigenvalue weighted by Crippen LogP contribution is -2.29. The smallest absolute Gasteiger partial charge is 0.237 e. The SMILES string of the molecule is CC1(C)CCCc2c1ccc1c2C(=O)C(=O)c2ccoc2-1. The molecular formula is C18H16O3. The molecule has 0 amide bonds. The Kier molecular flexibility index (Phi) is 2.36. The van der Waals surface area contributed by atoms with Crippen LogP contribution in [0.5, 0.6) is 0 Å². The lowest BCUT2D eigenvalue weighted by molar-refractivity contribution is 0.0813. The lowest BCUT2D eigenvalue weighted by atomic mass is 9.69. The van der Waals surface area contributed by atoms with Gasteiger partial charge in [0.05, 0.1) is 11.8 Å². The second-order valence-electron chi connectivity index (χ2n) is 6.57. The summed E-state index contributed by atoms with van der Waals surface area (Å²) in [5, 5.41) is 0. The minimum Gasteiger partial charge on any atom is -0.464 e. The van der Waals surface area contributed by atoms with Gasteiger partial charge in [-0.05, 0) is 41.9 Å². The van der Waals surface area contributed by atoms with E-state index in [0.717, 1.165) is 30.4 Å². The first-order valence-corrected chi connectivity index (χ1v) is 7.34. The zero-order valence-corrected chi connectivity index (χ0v) is 12.2. The summed E-state index contributed by atoms with van der Waals surface area (Å²) in [7, 11) is 0. The minimum absolute atomic E-state index is 0.0510. The predicted octanol–water partition coefficient (Wildman–Crippen LogP) is 3.94. The largest absolute Gasteiger partial charge is 0.464 e. The molecule has 0 saturated carbocycles. The summed E-state index contributed by atoms with van der Waals surface area (Å²) in [5.74, 6) is -0.280. The van der Waals surface area contributed by atoms with Crippen LogP contribution in [0.15, 0.2) is 28.9 Å². The number of benzene rings is 1. The van der Waals surface area contributed by atoms with E-state index >= 15 is 0 Å². The molecule has 1 aromatic heterocycles. The Morgan fingerprint density at radius 1 is 1.05 bits per heavy atom. The Bertz CT molecular complexity index is 793. The molecular weight excluding hydrogens is 264 g/mol. The molecule has 0 radical (unpaired) electrons. The van der Waals surface area contributed by atoms with Crippen LogP contribution in [0, 0.1) is 0 Å². The zero-order chi connectivity index (χ0) is 14.8. The minimum atomic E-state index is -0.442. The average Bonchev–Trinajstić information content (AvgIpc) is 2.93. The van der Waals surface area contributed by atoms with Gasteiger partial charge in [-0.2, -0.15) is 0 Å². The number of fused-ring (bicyclic) bond motifs is 5. The molecule has 2 aliphatic rings. The standard InChI is InChI=1S/C18H16O3/c1-18(2)8-3-4-10-13(18)6-5-11-14(10)16(20)15(19)12-7-9-21-17(11)12/h5-7,9H,3-4,8H2,1-2H3. The molecule has 0 unspecified atom stereocenters. The van der Waals surface area contributed by atoms with Gasteiger partial charge < -0.3 is 4.42 Å². The van der Waals surface area contributed by atoms with Gasteiger partial charge in [-0.3, -0.25) is 9.59 Å². The summed E-state index contributed by atoms with van der Waals surface area (Å²) in [4.78, 5) is 24.8. The molecule has 0 fully saturated rings. The summed E-state index contributed by atoms with van der Waals surface area (Å²) in [6.45, 7) is 4.40. The molecule has 2 aromatic rings. The van der Waals surface area contributed by atoms with Crippen LogP contribution in [-0.2, 0) is 11.8 Å². The highest BCUT2D eigenvalue weighted by Crippen LogP contribution is 2.43. The second kappa shape index (κ2) is 3.94. The van der Waals surface area contributed by atoms with Gasteiger partial charge in [0, 0.05) is 11.1 Å². The van der Waals surface area contributed by atoms with Crippen LogP contribution in [0.4, 0.5) is 0 Å². The first kappa shape index (κ1) is 12.6. The molecule has 0 aliphatic heterocycles. The third kappa shape index (κ3) is 1.54. The van der Waals surface area contributed by atoms with Gasteiger partial charge in [0.2, 0.25) is 11.6 Å². The number of hydrogen-bond donors (Lipinski definition) is 0. The normalized spacial score (nSPS) is 19.0. The lowest BCUT2D eigenvalue weighted by Gasteiger charge is -2.34. The van der Waals surface area contributed by atoms with E-state index in [-0.39, 0.29) is 11.2 Å². The highest BCUT2D eigenvalue weighted by Gasteiger charge is 2.38. The van der Waals surface area contributed by atoms with E-state index in [9.17, 15) is 9.59 Å². The Morgan fingerprint density at radius 3 is 2.67 bits per heavy atom. The molecule has 0 spiro atoms. The van der Waals surface area contributed by atoms with Gasteiger partial charge in [0.15, 0.2) is 0 Å². The maximum Gasteiger partial charge on any atom is 0.237 e. The van der Waals surface area contributed by atoms with Crippen LogP contribution < -0.4 is 0 Å². The van der Waals surface area contributed by atoms with Crippen LogP contribution in [0.2, 0.25) is 0 Å². The van der Waals surface area contributed by atoms with Crippen LogP contribution >= 0.6 is 0 Å². The van der Waals surface area contributed by atoms with Gasteiger partial charge in [-0.1, -0.05) is 26.0 Å². The second-order valence-corrected chi connectivity index (χ2v) is 6.57. The van der Waals surface area contributed by atoms with E-state index in [1.54, 1.807) is 6.07 Å². The van der Waals surface area contributed by atoms with Crippen molar-refractivity contribution in [2.24, 2.45) is 0 Å². The Hall–Kier alpha value is -2.16.